The second-order valence-electron chi connectivity index (χ2n) is 5.97. The summed E-state index contributed by atoms with van der Waals surface area (Å²) < 4.78 is 0.329. The first-order valence-corrected chi connectivity index (χ1v) is 9.19. The summed E-state index contributed by atoms with van der Waals surface area (Å²) in [5.41, 5.74) is 2.50. The number of carbonyl (C=O) groups excluding carboxylic acids is 1. The van der Waals surface area contributed by atoms with E-state index in [0.29, 0.717) is 14.8 Å². The van der Waals surface area contributed by atoms with Crippen LogP contribution in [-0.2, 0) is 4.79 Å². The third kappa shape index (κ3) is 4.29. The summed E-state index contributed by atoms with van der Waals surface area (Å²) in [6, 6.07) is 12.1. The number of nitrogens with zero attached hydrogens (tertiary/aromatic N) is 3. The predicted octanol–water partition coefficient (Wildman–Crippen LogP) is 3.40. The zero-order valence-corrected chi connectivity index (χ0v) is 16.3. The van der Waals surface area contributed by atoms with Gasteiger partial charge >= 0.3 is 0 Å². The van der Waals surface area contributed by atoms with Gasteiger partial charge in [-0.2, -0.15) is 10.1 Å². The fourth-order valence-electron chi connectivity index (χ4n) is 2.32. The Kier molecular flexibility index (Phi) is 5.48. The number of amides is 1. The number of benzene rings is 2. The number of thiocarbonyl (C=S) groups is 1. The topological polar surface area (TPSA) is 76.4 Å². The quantitative estimate of drug-likeness (QED) is 0.355. The highest BCUT2D eigenvalue weighted by Crippen LogP contribution is 2.33. The summed E-state index contributed by atoms with van der Waals surface area (Å²) in [6.07, 6.45) is 3.18. The van der Waals surface area contributed by atoms with Crippen molar-refractivity contribution >= 4 is 52.2 Å². The standard InChI is InChI=1S/C19H17N3O3S2/c1-21(2)14-6-3-12(4-7-14)10-17-18(25)22(19(26)27-17)20-11-13-5-8-15(23)16(24)9-13/h3-11,23-24H,1-2H3/b17-10+,20-11+. The second kappa shape index (κ2) is 7.81. The van der Waals surface area contributed by atoms with Crippen molar-refractivity contribution in [3.8, 4) is 11.5 Å². The molecule has 0 aromatic heterocycles. The van der Waals surface area contributed by atoms with Crippen LogP contribution < -0.4 is 4.90 Å². The van der Waals surface area contributed by atoms with Crippen molar-refractivity contribution in [2.75, 3.05) is 19.0 Å². The van der Waals surface area contributed by atoms with E-state index in [1.165, 1.54) is 30.1 Å². The van der Waals surface area contributed by atoms with E-state index >= 15 is 0 Å². The molecule has 0 atom stereocenters. The van der Waals surface area contributed by atoms with Gasteiger partial charge in [0.05, 0.1) is 11.1 Å². The highest BCUT2D eigenvalue weighted by molar-refractivity contribution is 8.26. The van der Waals surface area contributed by atoms with Gasteiger partial charge in [0.2, 0.25) is 0 Å². The van der Waals surface area contributed by atoms with Gasteiger partial charge in [-0.25, -0.2) is 0 Å². The molecule has 1 aliphatic heterocycles. The Hall–Kier alpha value is -2.84. The SMILES string of the molecule is CN(C)c1ccc(/C=C2/SC(=S)N(/N=C/c3ccc(O)c(O)c3)C2=O)cc1. The second-order valence-corrected chi connectivity index (χ2v) is 7.65. The van der Waals surface area contributed by atoms with Crippen LogP contribution in [0.1, 0.15) is 11.1 Å². The van der Waals surface area contributed by atoms with Crippen molar-refractivity contribution in [3.05, 3.63) is 58.5 Å². The van der Waals surface area contributed by atoms with Crippen molar-refractivity contribution in [1.29, 1.82) is 0 Å². The lowest BCUT2D eigenvalue weighted by molar-refractivity contribution is -0.122. The number of aromatic hydroxyl groups is 2. The first kappa shape index (κ1) is 18.9. The lowest BCUT2D eigenvalue weighted by Crippen LogP contribution is -2.22. The zero-order valence-electron chi connectivity index (χ0n) is 14.7. The molecule has 0 aliphatic carbocycles. The van der Waals surface area contributed by atoms with Gasteiger partial charge in [0.25, 0.3) is 5.91 Å². The first-order valence-electron chi connectivity index (χ1n) is 7.96. The Morgan fingerprint density at radius 2 is 1.74 bits per heavy atom. The minimum Gasteiger partial charge on any atom is -0.504 e. The maximum Gasteiger partial charge on any atom is 0.286 e. The van der Waals surface area contributed by atoms with E-state index in [1.54, 1.807) is 12.1 Å². The average molecular weight is 399 g/mol. The molecule has 6 nitrogen and oxygen atoms in total. The fourth-order valence-corrected chi connectivity index (χ4v) is 3.50. The van der Waals surface area contributed by atoms with E-state index < -0.39 is 0 Å². The van der Waals surface area contributed by atoms with E-state index in [0.717, 1.165) is 16.3 Å². The van der Waals surface area contributed by atoms with Gasteiger partial charge in [-0.3, -0.25) is 4.79 Å². The molecule has 0 radical (unpaired) electrons. The lowest BCUT2D eigenvalue weighted by Gasteiger charge is -2.11. The van der Waals surface area contributed by atoms with Crippen molar-refractivity contribution in [3.63, 3.8) is 0 Å². The van der Waals surface area contributed by atoms with Gasteiger partial charge in [-0.1, -0.05) is 23.9 Å². The van der Waals surface area contributed by atoms with E-state index in [4.69, 9.17) is 12.2 Å². The van der Waals surface area contributed by atoms with Crippen LogP contribution in [0.5, 0.6) is 11.5 Å². The third-order valence-electron chi connectivity index (χ3n) is 3.80. The third-order valence-corrected chi connectivity index (χ3v) is 5.09. The van der Waals surface area contributed by atoms with Gasteiger partial charge in [-0.15, -0.1) is 0 Å². The number of anilines is 1. The maximum absolute atomic E-state index is 12.6. The molecule has 0 bridgehead atoms. The Balaban J connectivity index is 1.78. The summed E-state index contributed by atoms with van der Waals surface area (Å²) in [5, 5.41) is 24.1. The Morgan fingerprint density at radius 1 is 1.07 bits per heavy atom. The molecule has 27 heavy (non-hydrogen) atoms. The van der Waals surface area contributed by atoms with Crippen molar-refractivity contribution < 1.29 is 15.0 Å². The average Bonchev–Trinajstić information content (AvgIpc) is 2.90. The summed E-state index contributed by atoms with van der Waals surface area (Å²) in [5.74, 6) is -0.785. The number of hydrogen-bond acceptors (Lipinski definition) is 7. The molecule has 0 unspecified atom stereocenters. The van der Waals surface area contributed by atoms with Crippen molar-refractivity contribution in [1.82, 2.24) is 5.01 Å². The van der Waals surface area contributed by atoms with Crippen LogP contribution in [-0.4, -0.2) is 45.8 Å². The molecular formula is C19H17N3O3S2. The highest BCUT2D eigenvalue weighted by atomic mass is 32.2. The summed E-state index contributed by atoms with van der Waals surface area (Å²) >= 11 is 6.43. The molecule has 1 fully saturated rings. The van der Waals surface area contributed by atoms with Crippen LogP contribution >= 0.6 is 24.0 Å². The number of hydrazone groups is 1. The molecule has 0 spiro atoms. The van der Waals surface area contributed by atoms with Gasteiger partial charge < -0.3 is 15.1 Å². The number of thioether (sulfide) groups is 1. The zero-order chi connectivity index (χ0) is 19.6. The smallest absolute Gasteiger partial charge is 0.286 e. The molecular weight excluding hydrogens is 382 g/mol. The largest absolute Gasteiger partial charge is 0.504 e. The van der Waals surface area contributed by atoms with Crippen LogP contribution in [0.15, 0.2) is 52.5 Å². The van der Waals surface area contributed by atoms with Crippen LogP contribution in [0.3, 0.4) is 0 Å². The minimum absolute atomic E-state index is 0.221. The van der Waals surface area contributed by atoms with Crippen LogP contribution in [0, 0.1) is 0 Å². The van der Waals surface area contributed by atoms with E-state index in [1.807, 2.05) is 43.3 Å². The van der Waals surface area contributed by atoms with Gasteiger partial charge in [-0.05, 0) is 59.8 Å². The van der Waals surface area contributed by atoms with Gasteiger partial charge in [0, 0.05) is 19.8 Å². The predicted molar refractivity (Wildman–Crippen MR) is 113 cm³/mol. The monoisotopic (exact) mass is 399 g/mol. The molecule has 1 amide bonds. The molecule has 1 saturated heterocycles. The summed E-state index contributed by atoms with van der Waals surface area (Å²) in [6.45, 7) is 0. The summed E-state index contributed by atoms with van der Waals surface area (Å²) in [4.78, 5) is 15.1. The lowest BCUT2D eigenvalue weighted by atomic mass is 10.2. The maximum atomic E-state index is 12.6. The van der Waals surface area contributed by atoms with Crippen molar-refractivity contribution in [2.45, 2.75) is 0 Å². The molecule has 8 heteroatoms. The van der Waals surface area contributed by atoms with Crippen LogP contribution in [0.4, 0.5) is 5.69 Å². The number of rotatable bonds is 4. The van der Waals surface area contributed by atoms with Gasteiger partial charge in [0.15, 0.2) is 15.8 Å². The molecule has 138 valence electrons. The van der Waals surface area contributed by atoms with Crippen LogP contribution in [0.25, 0.3) is 6.08 Å². The molecule has 2 aromatic carbocycles. The van der Waals surface area contributed by atoms with E-state index in [9.17, 15) is 15.0 Å². The highest BCUT2D eigenvalue weighted by Gasteiger charge is 2.32. The number of phenols is 2. The molecule has 1 aliphatic rings. The van der Waals surface area contributed by atoms with Crippen molar-refractivity contribution in [2.24, 2.45) is 5.10 Å². The molecule has 2 aromatic rings. The minimum atomic E-state index is -0.305. The normalized spacial score (nSPS) is 15.9. The number of hydrogen-bond donors (Lipinski definition) is 2. The van der Waals surface area contributed by atoms with E-state index in [-0.39, 0.29) is 17.4 Å². The van der Waals surface area contributed by atoms with E-state index in [2.05, 4.69) is 5.10 Å². The van der Waals surface area contributed by atoms with Gasteiger partial charge in [0.1, 0.15) is 0 Å². The molecule has 3 rings (SSSR count). The molecule has 2 N–H and O–H groups in total. The Labute approximate surface area is 166 Å². The molecule has 0 saturated carbocycles. The summed E-state index contributed by atoms with van der Waals surface area (Å²) in [7, 11) is 3.93. The van der Waals surface area contributed by atoms with Crippen LogP contribution in [0.2, 0.25) is 0 Å². The number of phenolic OH excluding ortho intramolecular Hbond substituents is 2. The fraction of sp³-hybridized carbons (Fsp3) is 0.105. The Morgan fingerprint density at radius 3 is 2.37 bits per heavy atom. The molecule has 1 heterocycles. The first-order chi connectivity index (χ1) is 12.8. The Bertz CT molecular complexity index is 953. The number of carbonyl (C=O) groups is 1.